The molecule has 1 heterocycles. The van der Waals surface area contributed by atoms with Gasteiger partial charge in [0.05, 0.1) is 10.9 Å². The van der Waals surface area contributed by atoms with Crippen molar-refractivity contribution in [2.75, 3.05) is 13.7 Å². The minimum Gasteiger partial charge on any atom is -0.396 e. The Morgan fingerprint density at radius 1 is 1.50 bits per heavy atom. The fourth-order valence-corrected chi connectivity index (χ4v) is 2.48. The van der Waals surface area contributed by atoms with E-state index in [1.54, 1.807) is 11.9 Å². The summed E-state index contributed by atoms with van der Waals surface area (Å²) in [6.07, 6.45) is 1.92. The summed E-state index contributed by atoms with van der Waals surface area (Å²) in [6.45, 7) is 0.757. The zero-order valence-electron chi connectivity index (χ0n) is 9.28. The number of aliphatic hydroxyl groups excluding tert-OH is 1. The number of carbonyl (C=O) groups excluding carboxylic acids is 1. The number of hydrogen-bond acceptors (Lipinski definition) is 3. The molecule has 1 aromatic rings. The maximum absolute atomic E-state index is 11.6. The Balaban J connectivity index is 2.34. The van der Waals surface area contributed by atoms with Crippen LogP contribution in [0.25, 0.3) is 0 Å². The number of hydrogen-bond donors (Lipinski definition) is 1. The van der Waals surface area contributed by atoms with Crippen molar-refractivity contribution in [3.8, 4) is 0 Å². The molecule has 0 saturated heterocycles. The summed E-state index contributed by atoms with van der Waals surface area (Å²) in [5.41, 5.74) is 0. The number of unbranched alkanes of at least 4 members (excludes halogenated alkanes) is 1. The Hall–Kier alpha value is -0.580. The fourth-order valence-electron chi connectivity index (χ4n) is 1.34. The minimum absolute atomic E-state index is 0.109. The number of halogens is 1. The number of rotatable bonds is 6. The number of nitrogens with zero attached hydrogens (tertiary/aromatic N) is 1. The molecule has 0 radical (unpaired) electrons. The zero-order valence-corrected chi connectivity index (χ0v) is 10.9. The summed E-state index contributed by atoms with van der Waals surface area (Å²) in [5.74, 6) is 0.109. The van der Waals surface area contributed by atoms with Gasteiger partial charge in [0.2, 0.25) is 5.91 Å². The molecule has 90 valence electrons. The molecule has 1 rings (SSSR count). The number of thiophene rings is 1. The number of carbonyl (C=O) groups is 1. The van der Waals surface area contributed by atoms with Crippen LogP contribution in [0.1, 0.15) is 24.1 Å². The summed E-state index contributed by atoms with van der Waals surface area (Å²) in [6, 6.07) is 3.77. The van der Waals surface area contributed by atoms with Crippen molar-refractivity contribution in [3.63, 3.8) is 0 Å². The molecule has 0 atom stereocenters. The quantitative estimate of drug-likeness (QED) is 0.800. The van der Waals surface area contributed by atoms with E-state index in [4.69, 9.17) is 16.7 Å². The van der Waals surface area contributed by atoms with E-state index in [0.717, 1.165) is 15.6 Å². The van der Waals surface area contributed by atoms with Crippen LogP contribution in [0.15, 0.2) is 12.1 Å². The first-order valence-corrected chi connectivity index (χ1v) is 6.42. The van der Waals surface area contributed by atoms with Crippen molar-refractivity contribution in [1.82, 2.24) is 4.90 Å². The second kappa shape index (κ2) is 6.89. The lowest BCUT2D eigenvalue weighted by Crippen LogP contribution is -2.25. The van der Waals surface area contributed by atoms with Gasteiger partial charge in [-0.05, 0) is 25.0 Å². The van der Waals surface area contributed by atoms with Crippen LogP contribution in [0.3, 0.4) is 0 Å². The van der Waals surface area contributed by atoms with E-state index in [9.17, 15) is 4.79 Å². The Labute approximate surface area is 105 Å². The van der Waals surface area contributed by atoms with Crippen LogP contribution in [0.5, 0.6) is 0 Å². The molecule has 1 aromatic heterocycles. The van der Waals surface area contributed by atoms with E-state index in [0.29, 0.717) is 19.4 Å². The van der Waals surface area contributed by atoms with Crippen LogP contribution < -0.4 is 0 Å². The largest absolute Gasteiger partial charge is 0.396 e. The average Bonchev–Trinajstić information content (AvgIpc) is 2.64. The molecule has 0 spiro atoms. The smallest absolute Gasteiger partial charge is 0.222 e. The van der Waals surface area contributed by atoms with Crippen LogP contribution in [0.4, 0.5) is 0 Å². The van der Waals surface area contributed by atoms with Gasteiger partial charge >= 0.3 is 0 Å². The maximum atomic E-state index is 11.6. The van der Waals surface area contributed by atoms with Gasteiger partial charge in [-0.15, -0.1) is 11.3 Å². The molecule has 16 heavy (non-hydrogen) atoms. The van der Waals surface area contributed by atoms with Gasteiger partial charge < -0.3 is 10.0 Å². The second-order valence-electron chi connectivity index (χ2n) is 3.64. The summed E-state index contributed by atoms with van der Waals surface area (Å²) >= 11 is 7.31. The molecule has 1 amide bonds. The van der Waals surface area contributed by atoms with Crippen LogP contribution in [0.2, 0.25) is 4.34 Å². The third-order valence-electron chi connectivity index (χ3n) is 2.25. The molecule has 0 aliphatic carbocycles. The first kappa shape index (κ1) is 13.5. The Morgan fingerprint density at radius 2 is 2.25 bits per heavy atom. The number of aliphatic hydroxyl groups is 1. The predicted molar refractivity (Wildman–Crippen MR) is 66.7 cm³/mol. The van der Waals surface area contributed by atoms with E-state index < -0.39 is 0 Å². The molecule has 0 saturated carbocycles. The Kier molecular flexibility index (Phi) is 5.80. The summed E-state index contributed by atoms with van der Waals surface area (Å²) < 4.78 is 0.746. The lowest BCUT2D eigenvalue weighted by atomic mass is 10.2. The van der Waals surface area contributed by atoms with E-state index in [1.807, 2.05) is 12.1 Å². The van der Waals surface area contributed by atoms with Crippen molar-refractivity contribution in [2.45, 2.75) is 25.8 Å². The van der Waals surface area contributed by atoms with E-state index in [2.05, 4.69) is 0 Å². The molecule has 0 fully saturated rings. The Morgan fingerprint density at radius 3 is 2.81 bits per heavy atom. The topological polar surface area (TPSA) is 40.5 Å². The van der Waals surface area contributed by atoms with Gasteiger partial charge in [0.25, 0.3) is 0 Å². The molecule has 0 aliphatic heterocycles. The lowest BCUT2D eigenvalue weighted by molar-refractivity contribution is -0.130. The fraction of sp³-hybridized carbons (Fsp3) is 0.545. The Bertz CT molecular complexity index is 340. The van der Waals surface area contributed by atoms with E-state index in [-0.39, 0.29) is 12.5 Å². The van der Waals surface area contributed by atoms with Gasteiger partial charge in [-0.3, -0.25) is 4.79 Å². The van der Waals surface area contributed by atoms with Gasteiger partial charge in [-0.2, -0.15) is 0 Å². The molecule has 1 N–H and O–H groups in total. The van der Waals surface area contributed by atoms with Crippen LogP contribution >= 0.6 is 22.9 Å². The average molecular weight is 262 g/mol. The third-order valence-corrected chi connectivity index (χ3v) is 3.46. The maximum Gasteiger partial charge on any atom is 0.222 e. The van der Waals surface area contributed by atoms with Crippen LogP contribution in [-0.2, 0) is 11.3 Å². The highest BCUT2D eigenvalue weighted by atomic mass is 35.5. The van der Waals surface area contributed by atoms with Crippen molar-refractivity contribution >= 4 is 28.8 Å². The molecule has 5 heteroatoms. The first-order valence-electron chi connectivity index (χ1n) is 5.22. The van der Waals surface area contributed by atoms with Crippen molar-refractivity contribution in [1.29, 1.82) is 0 Å². The highest BCUT2D eigenvalue weighted by Crippen LogP contribution is 2.22. The summed E-state index contributed by atoms with van der Waals surface area (Å²) in [5, 5.41) is 8.62. The normalized spacial score (nSPS) is 10.4. The molecule has 0 aromatic carbocycles. The zero-order chi connectivity index (χ0) is 12.0. The second-order valence-corrected chi connectivity index (χ2v) is 5.44. The highest BCUT2D eigenvalue weighted by Gasteiger charge is 2.09. The molecule has 0 unspecified atom stereocenters. The standard InChI is InChI=1S/C11H16ClNO2S/c1-13(11(15)4-2-3-7-14)8-9-5-6-10(12)16-9/h5-6,14H,2-4,7-8H2,1H3. The van der Waals surface area contributed by atoms with Gasteiger partial charge in [-0.1, -0.05) is 11.6 Å². The van der Waals surface area contributed by atoms with Crippen LogP contribution in [0, 0.1) is 0 Å². The van der Waals surface area contributed by atoms with Crippen molar-refractivity contribution in [3.05, 3.63) is 21.3 Å². The van der Waals surface area contributed by atoms with E-state index in [1.165, 1.54) is 11.3 Å². The molecule has 3 nitrogen and oxygen atoms in total. The summed E-state index contributed by atoms with van der Waals surface area (Å²) in [7, 11) is 1.79. The van der Waals surface area contributed by atoms with Crippen molar-refractivity contribution in [2.24, 2.45) is 0 Å². The lowest BCUT2D eigenvalue weighted by Gasteiger charge is -2.15. The first-order chi connectivity index (χ1) is 7.63. The molecular formula is C11H16ClNO2S. The molecular weight excluding hydrogens is 246 g/mol. The van der Waals surface area contributed by atoms with Gasteiger partial charge in [0.15, 0.2) is 0 Å². The minimum atomic E-state index is 0.109. The van der Waals surface area contributed by atoms with Crippen LogP contribution in [-0.4, -0.2) is 29.6 Å². The molecule has 0 bridgehead atoms. The van der Waals surface area contributed by atoms with Crippen molar-refractivity contribution < 1.29 is 9.90 Å². The number of amides is 1. The summed E-state index contributed by atoms with van der Waals surface area (Å²) in [4.78, 5) is 14.4. The highest BCUT2D eigenvalue weighted by molar-refractivity contribution is 7.16. The predicted octanol–water partition coefficient (Wildman–Crippen LogP) is 2.52. The van der Waals surface area contributed by atoms with E-state index >= 15 is 0 Å². The van der Waals surface area contributed by atoms with Gasteiger partial charge in [0.1, 0.15) is 0 Å². The monoisotopic (exact) mass is 261 g/mol. The van der Waals surface area contributed by atoms with Gasteiger partial charge in [-0.25, -0.2) is 0 Å². The SMILES string of the molecule is CN(Cc1ccc(Cl)s1)C(=O)CCCCO. The third kappa shape index (κ3) is 4.51. The molecule has 0 aliphatic rings. The van der Waals surface area contributed by atoms with Gasteiger partial charge in [0, 0.05) is 25.0 Å².